The molecule has 0 aliphatic heterocycles. The zero-order valence-corrected chi connectivity index (χ0v) is 18.7. The molecule has 0 spiro atoms. The molecular weight excluding hydrogens is 391 g/mol. The minimum absolute atomic E-state index is 0. The summed E-state index contributed by atoms with van der Waals surface area (Å²) in [5.41, 5.74) is 1.51. The Kier molecular flexibility index (Phi) is 17.5. The van der Waals surface area contributed by atoms with Gasteiger partial charge in [0.25, 0.3) is 0 Å². The summed E-state index contributed by atoms with van der Waals surface area (Å²) >= 11 is 1.78. The molecule has 1 unspecified atom stereocenters. The topological polar surface area (TPSA) is 31.4 Å². The molecule has 1 aromatic heterocycles. The van der Waals surface area contributed by atoms with E-state index in [1.165, 1.54) is 9.71 Å². The van der Waals surface area contributed by atoms with Gasteiger partial charge in [-0.3, -0.25) is 0 Å². The van der Waals surface area contributed by atoms with Gasteiger partial charge in [0.2, 0.25) is 0 Å². The van der Waals surface area contributed by atoms with Crippen molar-refractivity contribution in [2.24, 2.45) is 0 Å². The summed E-state index contributed by atoms with van der Waals surface area (Å²) in [5, 5.41) is 1.19. The highest BCUT2D eigenvalue weighted by molar-refractivity contribution is 7.59. The number of hydrogen-bond acceptors (Lipinski definition) is 4. The lowest BCUT2D eigenvalue weighted by atomic mass is 10.3. The van der Waals surface area contributed by atoms with Gasteiger partial charge in [0.15, 0.2) is 0 Å². The van der Waals surface area contributed by atoms with E-state index < -0.39 is 0 Å². The van der Waals surface area contributed by atoms with E-state index in [4.69, 9.17) is 14.5 Å². The molecule has 1 atom stereocenters. The van der Waals surface area contributed by atoms with Gasteiger partial charge in [0, 0.05) is 19.8 Å². The molecule has 0 bridgehead atoms. The number of hydrogen-bond donors (Lipinski definition) is 0. The van der Waals surface area contributed by atoms with E-state index in [2.05, 4.69) is 25.1 Å². The first kappa shape index (κ1) is 27.5. The van der Waals surface area contributed by atoms with Crippen molar-refractivity contribution in [3.8, 4) is 0 Å². The second kappa shape index (κ2) is 14.0. The molecule has 0 saturated heterocycles. The van der Waals surface area contributed by atoms with Crippen LogP contribution in [0.4, 0.5) is 0 Å². The zero-order chi connectivity index (χ0) is 13.0. The standard InChI is InChI=1S/C13H17NO2SSi.4H2S/c1-4-11(18-13(15-2)16-3)12-14-9-7-5-6-8-10(9)17-12;;;;/h5-8,11,13H,4H2,1-3H3;4*1H2. The Bertz CT molecular complexity index is 477. The summed E-state index contributed by atoms with van der Waals surface area (Å²) in [6, 6.07) is 8.27. The second-order valence-electron chi connectivity index (χ2n) is 3.95. The van der Waals surface area contributed by atoms with Crippen LogP contribution < -0.4 is 0 Å². The fourth-order valence-electron chi connectivity index (χ4n) is 1.80. The van der Waals surface area contributed by atoms with E-state index in [1.807, 2.05) is 6.07 Å². The van der Waals surface area contributed by atoms with E-state index in [1.54, 1.807) is 25.6 Å². The van der Waals surface area contributed by atoms with Crippen LogP contribution in [0.5, 0.6) is 0 Å². The summed E-state index contributed by atoms with van der Waals surface area (Å²) in [6.45, 7) is 2.19. The molecule has 128 valence electrons. The summed E-state index contributed by atoms with van der Waals surface area (Å²) < 4.78 is 11.8. The van der Waals surface area contributed by atoms with Gasteiger partial charge in [-0.2, -0.15) is 54.0 Å². The first-order valence-electron chi connectivity index (χ1n) is 5.95. The third-order valence-corrected chi connectivity index (χ3v) is 5.97. The molecule has 0 amide bonds. The molecule has 0 saturated carbocycles. The molecule has 0 aliphatic carbocycles. The van der Waals surface area contributed by atoms with Crippen LogP contribution in [-0.2, 0) is 9.47 Å². The summed E-state index contributed by atoms with van der Waals surface area (Å²) in [6.07, 6.45) is 1.06. The average molecular weight is 416 g/mol. The van der Waals surface area contributed by atoms with Crippen LogP contribution in [-0.4, -0.2) is 34.6 Å². The highest BCUT2D eigenvalue weighted by atomic mass is 32.1. The number of fused-ring (bicyclic) bond motifs is 1. The monoisotopic (exact) mass is 415 g/mol. The van der Waals surface area contributed by atoms with Crippen LogP contribution in [0.25, 0.3) is 10.2 Å². The predicted octanol–water partition coefficient (Wildman–Crippen LogP) is 3.48. The molecule has 2 radical (unpaired) electrons. The van der Waals surface area contributed by atoms with E-state index in [0.717, 1.165) is 11.9 Å². The minimum atomic E-state index is -0.123. The first-order valence-corrected chi connectivity index (χ1v) is 7.92. The Morgan fingerprint density at radius 2 is 1.68 bits per heavy atom. The number of nitrogens with zero attached hydrogens (tertiary/aromatic N) is 1. The van der Waals surface area contributed by atoms with Gasteiger partial charge in [-0.1, -0.05) is 19.1 Å². The summed E-state index contributed by atoms with van der Waals surface area (Å²) in [7, 11) is 3.95. The van der Waals surface area contributed by atoms with Crippen molar-refractivity contribution < 1.29 is 9.47 Å². The maximum atomic E-state index is 5.29. The molecule has 2 aromatic rings. The van der Waals surface area contributed by atoms with Gasteiger partial charge >= 0.3 is 0 Å². The molecule has 1 heterocycles. The fraction of sp³-hybridized carbons (Fsp3) is 0.462. The van der Waals surface area contributed by atoms with E-state index in [-0.39, 0.29) is 59.9 Å². The lowest BCUT2D eigenvalue weighted by Gasteiger charge is -2.17. The molecule has 22 heavy (non-hydrogen) atoms. The molecule has 1 aromatic carbocycles. The van der Waals surface area contributed by atoms with Gasteiger partial charge in [0.05, 0.1) is 15.2 Å². The Morgan fingerprint density at radius 3 is 2.18 bits per heavy atom. The van der Waals surface area contributed by atoms with Crippen molar-refractivity contribution in [2.75, 3.05) is 14.2 Å². The van der Waals surface area contributed by atoms with Crippen LogP contribution in [0.3, 0.4) is 0 Å². The molecule has 0 fully saturated rings. The Hall–Kier alpha value is 0.647. The van der Waals surface area contributed by atoms with Crippen molar-refractivity contribution in [2.45, 2.75) is 24.8 Å². The van der Waals surface area contributed by atoms with Crippen LogP contribution in [0.1, 0.15) is 23.9 Å². The maximum absolute atomic E-state index is 5.29. The first-order chi connectivity index (χ1) is 8.78. The smallest absolute Gasteiger partial charge is 0.137 e. The van der Waals surface area contributed by atoms with Crippen LogP contribution >= 0.6 is 65.3 Å². The highest BCUT2D eigenvalue weighted by Gasteiger charge is 2.20. The predicted molar refractivity (Wildman–Crippen MR) is 118 cm³/mol. The normalized spacial score (nSPS) is 10.9. The van der Waals surface area contributed by atoms with Crippen molar-refractivity contribution in [1.29, 1.82) is 0 Å². The van der Waals surface area contributed by atoms with Crippen LogP contribution in [0.2, 0.25) is 0 Å². The van der Waals surface area contributed by atoms with E-state index in [0.29, 0.717) is 15.1 Å². The molecule has 2 rings (SSSR count). The maximum Gasteiger partial charge on any atom is 0.137 e. The zero-order valence-electron chi connectivity index (χ0n) is 12.8. The van der Waals surface area contributed by atoms with Crippen molar-refractivity contribution >= 4 is 85.1 Å². The molecule has 3 nitrogen and oxygen atoms in total. The fourth-order valence-corrected chi connectivity index (χ4v) is 4.27. The second-order valence-corrected chi connectivity index (χ2v) is 6.51. The van der Waals surface area contributed by atoms with Gasteiger partial charge in [0.1, 0.15) is 15.4 Å². The quantitative estimate of drug-likeness (QED) is 0.535. The average Bonchev–Trinajstić information content (AvgIpc) is 2.84. The minimum Gasteiger partial charge on any atom is -0.360 e. The van der Waals surface area contributed by atoms with E-state index in [9.17, 15) is 0 Å². The van der Waals surface area contributed by atoms with Crippen molar-refractivity contribution in [3.63, 3.8) is 0 Å². The van der Waals surface area contributed by atoms with E-state index >= 15 is 0 Å². The lowest BCUT2D eigenvalue weighted by Crippen LogP contribution is -2.26. The number of aromatic nitrogens is 1. The lowest BCUT2D eigenvalue weighted by molar-refractivity contribution is -0.0448. The molecule has 9 heteroatoms. The van der Waals surface area contributed by atoms with Crippen molar-refractivity contribution in [1.82, 2.24) is 4.98 Å². The number of thiazole rings is 1. The summed E-state index contributed by atoms with van der Waals surface area (Å²) in [5.74, 6) is -0.123. The van der Waals surface area contributed by atoms with Gasteiger partial charge in [-0.25, -0.2) is 4.98 Å². The Labute approximate surface area is 167 Å². The highest BCUT2D eigenvalue weighted by Crippen LogP contribution is 2.29. The van der Waals surface area contributed by atoms with Crippen molar-refractivity contribution in [3.05, 3.63) is 29.3 Å². The van der Waals surface area contributed by atoms with Gasteiger partial charge < -0.3 is 9.47 Å². The SMILES string of the molecule is CCC([Si]C(OC)OC)c1nc2ccccc2s1.S.S.S.S. The number of ether oxygens (including phenoxy) is 2. The van der Waals surface area contributed by atoms with Crippen LogP contribution in [0, 0.1) is 0 Å². The number of benzene rings is 1. The largest absolute Gasteiger partial charge is 0.360 e. The number of methoxy groups -OCH3 is 2. The third-order valence-electron chi connectivity index (χ3n) is 2.78. The van der Waals surface area contributed by atoms with Crippen LogP contribution in [0.15, 0.2) is 24.3 Å². The third kappa shape index (κ3) is 7.04. The summed E-state index contributed by atoms with van der Waals surface area (Å²) in [4.78, 5) is 4.72. The van der Waals surface area contributed by atoms with Gasteiger partial charge in [-0.05, 0) is 18.6 Å². The Morgan fingerprint density at radius 1 is 1.09 bits per heavy atom. The molecular formula is C13H25NO2S5Si. The Balaban J connectivity index is -0.000000902. The number of para-hydroxylation sites is 1. The molecule has 0 N–H and O–H groups in total. The number of rotatable bonds is 6. The van der Waals surface area contributed by atoms with Gasteiger partial charge in [-0.15, -0.1) is 11.3 Å². The molecule has 0 aliphatic rings.